The van der Waals surface area contributed by atoms with Crippen LogP contribution < -0.4 is 5.32 Å². The summed E-state index contributed by atoms with van der Waals surface area (Å²) < 4.78 is 40.8. The summed E-state index contributed by atoms with van der Waals surface area (Å²) in [5.74, 6) is -0.571. The molecule has 0 radical (unpaired) electrons. The van der Waals surface area contributed by atoms with E-state index in [0.29, 0.717) is 10.9 Å². The molecule has 0 saturated carbocycles. The molecule has 3 nitrogen and oxygen atoms in total. The van der Waals surface area contributed by atoms with Gasteiger partial charge >= 0.3 is 6.18 Å². The molecule has 1 heterocycles. The van der Waals surface area contributed by atoms with Gasteiger partial charge in [0.15, 0.2) is 0 Å². The Labute approximate surface area is 130 Å². The van der Waals surface area contributed by atoms with Crippen molar-refractivity contribution in [2.24, 2.45) is 7.05 Å². The van der Waals surface area contributed by atoms with Gasteiger partial charge in [0.05, 0.1) is 16.8 Å². The van der Waals surface area contributed by atoms with Crippen LogP contribution in [0.25, 0.3) is 10.9 Å². The number of aryl methyl sites for hydroxylation is 1. The number of amides is 1. The quantitative estimate of drug-likeness (QED) is 0.744. The van der Waals surface area contributed by atoms with E-state index in [0.717, 1.165) is 11.6 Å². The SMILES string of the molecule is Cn1cc(C(=O)Nc2ccccc2C(F)(F)F)c2ccccc21. The van der Waals surface area contributed by atoms with E-state index in [1.54, 1.807) is 29.9 Å². The van der Waals surface area contributed by atoms with Crippen LogP contribution in [0.2, 0.25) is 0 Å². The highest BCUT2D eigenvalue weighted by atomic mass is 19.4. The first-order chi connectivity index (χ1) is 10.9. The van der Waals surface area contributed by atoms with E-state index >= 15 is 0 Å². The molecule has 6 heteroatoms. The van der Waals surface area contributed by atoms with Crippen molar-refractivity contribution in [1.82, 2.24) is 4.57 Å². The Morgan fingerprint density at radius 3 is 2.43 bits per heavy atom. The Morgan fingerprint density at radius 1 is 1.04 bits per heavy atom. The largest absolute Gasteiger partial charge is 0.418 e. The maximum absolute atomic E-state index is 13.0. The highest BCUT2D eigenvalue weighted by molar-refractivity contribution is 6.13. The number of carbonyl (C=O) groups is 1. The molecule has 23 heavy (non-hydrogen) atoms. The van der Waals surface area contributed by atoms with Gasteiger partial charge in [0.2, 0.25) is 0 Å². The van der Waals surface area contributed by atoms with Crippen molar-refractivity contribution >= 4 is 22.5 Å². The topological polar surface area (TPSA) is 34.0 Å². The summed E-state index contributed by atoms with van der Waals surface area (Å²) >= 11 is 0. The predicted molar refractivity (Wildman–Crippen MR) is 82.3 cm³/mol. The van der Waals surface area contributed by atoms with Gasteiger partial charge in [-0.3, -0.25) is 4.79 Å². The van der Waals surface area contributed by atoms with Gasteiger partial charge in [-0.2, -0.15) is 13.2 Å². The van der Waals surface area contributed by atoms with Gasteiger partial charge in [-0.05, 0) is 18.2 Å². The van der Waals surface area contributed by atoms with Gasteiger partial charge in [-0.15, -0.1) is 0 Å². The number of nitrogens with zero attached hydrogens (tertiary/aromatic N) is 1. The summed E-state index contributed by atoms with van der Waals surface area (Å²) in [4.78, 5) is 12.4. The van der Waals surface area contributed by atoms with Crippen LogP contribution in [0, 0.1) is 0 Å². The Balaban J connectivity index is 2.00. The lowest BCUT2D eigenvalue weighted by Crippen LogP contribution is -2.16. The molecule has 0 bridgehead atoms. The molecule has 0 saturated heterocycles. The second kappa shape index (κ2) is 5.46. The van der Waals surface area contributed by atoms with Gasteiger partial charge in [0, 0.05) is 24.1 Å². The van der Waals surface area contributed by atoms with Crippen LogP contribution in [0.4, 0.5) is 18.9 Å². The lowest BCUT2D eigenvalue weighted by molar-refractivity contribution is -0.136. The van der Waals surface area contributed by atoms with Gasteiger partial charge in [0.1, 0.15) is 0 Å². The Bertz CT molecular complexity index is 881. The molecule has 0 aliphatic carbocycles. The molecule has 0 aliphatic rings. The smallest absolute Gasteiger partial charge is 0.350 e. The fourth-order valence-electron chi connectivity index (χ4n) is 2.55. The number of nitrogens with one attached hydrogen (secondary N) is 1. The summed E-state index contributed by atoms with van der Waals surface area (Å²) in [6.45, 7) is 0. The summed E-state index contributed by atoms with van der Waals surface area (Å²) in [5.41, 5.74) is 0.0494. The van der Waals surface area contributed by atoms with E-state index in [4.69, 9.17) is 0 Å². The van der Waals surface area contributed by atoms with Crippen molar-refractivity contribution < 1.29 is 18.0 Å². The molecule has 3 aromatic rings. The zero-order valence-corrected chi connectivity index (χ0v) is 12.2. The normalized spacial score (nSPS) is 11.7. The van der Waals surface area contributed by atoms with E-state index in [1.165, 1.54) is 18.2 Å². The molecular weight excluding hydrogens is 305 g/mol. The molecule has 0 spiro atoms. The number of anilines is 1. The van der Waals surface area contributed by atoms with Crippen molar-refractivity contribution in [2.45, 2.75) is 6.18 Å². The predicted octanol–water partition coefficient (Wildman–Crippen LogP) is 4.45. The van der Waals surface area contributed by atoms with Crippen molar-refractivity contribution in [3.8, 4) is 0 Å². The molecule has 3 rings (SSSR count). The zero-order valence-electron chi connectivity index (χ0n) is 12.2. The van der Waals surface area contributed by atoms with Crippen LogP contribution in [0.3, 0.4) is 0 Å². The maximum atomic E-state index is 13.0. The minimum atomic E-state index is -4.53. The first-order valence-corrected chi connectivity index (χ1v) is 6.89. The molecule has 1 aromatic heterocycles. The molecule has 2 aromatic carbocycles. The monoisotopic (exact) mass is 318 g/mol. The number of halogens is 3. The van der Waals surface area contributed by atoms with Crippen molar-refractivity contribution in [3.63, 3.8) is 0 Å². The van der Waals surface area contributed by atoms with Crippen LogP contribution in [-0.2, 0) is 13.2 Å². The lowest BCUT2D eigenvalue weighted by atomic mass is 10.1. The number of aromatic nitrogens is 1. The fraction of sp³-hybridized carbons (Fsp3) is 0.118. The Morgan fingerprint density at radius 2 is 1.70 bits per heavy atom. The Hall–Kier alpha value is -2.76. The summed E-state index contributed by atoms with van der Waals surface area (Å²) in [6, 6.07) is 12.1. The molecule has 118 valence electrons. The van der Waals surface area contributed by atoms with Crippen LogP contribution in [0.1, 0.15) is 15.9 Å². The molecule has 1 amide bonds. The molecule has 0 fully saturated rings. The molecule has 0 unspecified atom stereocenters. The summed E-state index contributed by atoms with van der Waals surface area (Å²) in [7, 11) is 1.78. The van der Waals surface area contributed by atoms with Gasteiger partial charge < -0.3 is 9.88 Å². The Kier molecular flexibility index (Phi) is 3.60. The number of hydrogen-bond acceptors (Lipinski definition) is 1. The molecular formula is C17H13F3N2O. The van der Waals surface area contributed by atoms with Crippen LogP contribution in [0.5, 0.6) is 0 Å². The van der Waals surface area contributed by atoms with Gasteiger partial charge in [0.25, 0.3) is 5.91 Å². The van der Waals surface area contributed by atoms with E-state index in [2.05, 4.69) is 5.32 Å². The second-order valence-electron chi connectivity index (χ2n) is 5.17. The minimum absolute atomic E-state index is 0.252. The number of benzene rings is 2. The fourth-order valence-corrected chi connectivity index (χ4v) is 2.55. The number of hydrogen-bond donors (Lipinski definition) is 1. The van der Waals surface area contributed by atoms with Crippen LogP contribution in [0.15, 0.2) is 54.7 Å². The van der Waals surface area contributed by atoms with Gasteiger partial charge in [-0.1, -0.05) is 30.3 Å². The summed E-state index contributed by atoms with van der Waals surface area (Å²) in [5, 5.41) is 3.06. The summed E-state index contributed by atoms with van der Waals surface area (Å²) in [6.07, 6.45) is -2.92. The lowest BCUT2D eigenvalue weighted by Gasteiger charge is -2.13. The highest BCUT2D eigenvalue weighted by Gasteiger charge is 2.33. The maximum Gasteiger partial charge on any atom is 0.418 e. The zero-order chi connectivity index (χ0) is 16.6. The molecule has 1 N–H and O–H groups in total. The van der Waals surface area contributed by atoms with Crippen molar-refractivity contribution in [2.75, 3.05) is 5.32 Å². The second-order valence-corrected chi connectivity index (χ2v) is 5.17. The number of para-hydroxylation sites is 2. The third-order valence-corrected chi connectivity index (χ3v) is 3.62. The first-order valence-electron chi connectivity index (χ1n) is 6.89. The molecule has 0 atom stereocenters. The number of rotatable bonds is 2. The average molecular weight is 318 g/mol. The first kappa shape index (κ1) is 15.1. The highest BCUT2D eigenvalue weighted by Crippen LogP contribution is 2.35. The van der Waals surface area contributed by atoms with E-state index in [-0.39, 0.29) is 5.69 Å². The minimum Gasteiger partial charge on any atom is -0.350 e. The van der Waals surface area contributed by atoms with Crippen molar-refractivity contribution in [3.05, 3.63) is 65.9 Å². The third-order valence-electron chi connectivity index (χ3n) is 3.62. The van der Waals surface area contributed by atoms with Gasteiger partial charge in [-0.25, -0.2) is 0 Å². The molecule has 0 aliphatic heterocycles. The van der Waals surface area contributed by atoms with Crippen LogP contribution >= 0.6 is 0 Å². The number of carbonyl (C=O) groups excluding carboxylic acids is 1. The van der Waals surface area contributed by atoms with E-state index in [1.807, 2.05) is 12.1 Å². The number of fused-ring (bicyclic) bond motifs is 1. The van der Waals surface area contributed by atoms with E-state index < -0.39 is 17.6 Å². The number of alkyl halides is 3. The third kappa shape index (κ3) is 2.79. The van der Waals surface area contributed by atoms with E-state index in [9.17, 15) is 18.0 Å². The standard InChI is InChI=1S/C17H13F3N2O/c1-22-10-12(11-6-2-5-9-15(11)22)16(23)21-14-8-4-3-7-13(14)17(18,19)20/h2-10H,1H3,(H,21,23). The average Bonchev–Trinajstić information content (AvgIpc) is 2.85. The van der Waals surface area contributed by atoms with Crippen molar-refractivity contribution in [1.29, 1.82) is 0 Å². The van der Waals surface area contributed by atoms with Crippen LogP contribution in [-0.4, -0.2) is 10.5 Å².